The SMILES string of the molecule is Cc1c(O[C@H]2CC[C@H](NCC3CC3)CC2)ccc2[nH]ncc12. The van der Waals surface area contributed by atoms with Gasteiger partial charge in [-0.05, 0) is 70.0 Å². The average molecular weight is 299 g/mol. The molecule has 0 bridgehead atoms. The smallest absolute Gasteiger partial charge is 0.123 e. The number of nitrogens with one attached hydrogen (secondary N) is 2. The quantitative estimate of drug-likeness (QED) is 0.887. The number of benzene rings is 1. The van der Waals surface area contributed by atoms with Gasteiger partial charge in [0.05, 0.1) is 17.8 Å². The van der Waals surface area contributed by atoms with Crippen LogP contribution in [-0.4, -0.2) is 28.9 Å². The van der Waals surface area contributed by atoms with Gasteiger partial charge in [0.1, 0.15) is 5.75 Å². The van der Waals surface area contributed by atoms with Crippen molar-refractivity contribution in [2.24, 2.45) is 5.92 Å². The summed E-state index contributed by atoms with van der Waals surface area (Å²) in [6, 6.07) is 4.85. The van der Waals surface area contributed by atoms with Crippen molar-refractivity contribution in [2.75, 3.05) is 6.54 Å². The van der Waals surface area contributed by atoms with Gasteiger partial charge in [0.25, 0.3) is 0 Å². The second kappa shape index (κ2) is 5.92. The highest BCUT2D eigenvalue weighted by Gasteiger charge is 2.26. The molecule has 1 aromatic heterocycles. The van der Waals surface area contributed by atoms with Crippen LogP contribution in [0.15, 0.2) is 18.3 Å². The Labute approximate surface area is 131 Å². The molecule has 1 aromatic carbocycles. The van der Waals surface area contributed by atoms with E-state index in [2.05, 4.69) is 34.6 Å². The highest BCUT2D eigenvalue weighted by Crippen LogP contribution is 2.31. The third-order valence-electron chi connectivity index (χ3n) is 5.20. The molecule has 0 radical (unpaired) electrons. The van der Waals surface area contributed by atoms with Crippen molar-refractivity contribution < 1.29 is 4.74 Å². The lowest BCUT2D eigenvalue weighted by Crippen LogP contribution is -2.37. The van der Waals surface area contributed by atoms with Gasteiger partial charge in [0.2, 0.25) is 0 Å². The first kappa shape index (κ1) is 14.1. The van der Waals surface area contributed by atoms with Crippen LogP contribution in [0.4, 0.5) is 0 Å². The van der Waals surface area contributed by atoms with E-state index in [1.54, 1.807) is 0 Å². The van der Waals surface area contributed by atoms with Gasteiger partial charge in [-0.1, -0.05) is 0 Å². The van der Waals surface area contributed by atoms with Crippen LogP contribution in [0.5, 0.6) is 5.75 Å². The summed E-state index contributed by atoms with van der Waals surface area (Å²) in [5.41, 5.74) is 2.28. The summed E-state index contributed by atoms with van der Waals surface area (Å²) in [5, 5.41) is 12.0. The van der Waals surface area contributed by atoms with Crippen molar-refractivity contribution >= 4 is 10.9 Å². The lowest BCUT2D eigenvalue weighted by atomic mass is 9.92. The molecule has 4 heteroatoms. The van der Waals surface area contributed by atoms with Gasteiger partial charge < -0.3 is 10.1 Å². The van der Waals surface area contributed by atoms with Gasteiger partial charge in [-0.15, -0.1) is 0 Å². The maximum atomic E-state index is 6.28. The highest BCUT2D eigenvalue weighted by atomic mass is 16.5. The number of fused-ring (bicyclic) bond motifs is 1. The normalized spacial score (nSPS) is 25.5. The Balaban J connectivity index is 1.34. The van der Waals surface area contributed by atoms with E-state index in [9.17, 15) is 0 Å². The molecule has 2 aliphatic carbocycles. The van der Waals surface area contributed by atoms with Crippen LogP contribution in [0.3, 0.4) is 0 Å². The molecular formula is C18H25N3O. The van der Waals surface area contributed by atoms with Crippen molar-refractivity contribution in [1.29, 1.82) is 0 Å². The molecule has 2 aliphatic rings. The van der Waals surface area contributed by atoms with Crippen molar-refractivity contribution in [3.05, 3.63) is 23.9 Å². The summed E-state index contributed by atoms with van der Waals surface area (Å²) >= 11 is 0. The van der Waals surface area contributed by atoms with Gasteiger partial charge in [0.15, 0.2) is 0 Å². The largest absolute Gasteiger partial charge is 0.490 e. The number of aryl methyl sites for hydroxylation is 1. The number of H-pyrrole nitrogens is 1. The lowest BCUT2D eigenvalue weighted by molar-refractivity contribution is 0.139. The van der Waals surface area contributed by atoms with E-state index in [1.807, 2.05) is 6.20 Å². The molecule has 0 atom stereocenters. The number of aromatic nitrogens is 2. The Morgan fingerprint density at radius 3 is 2.77 bits per heavy atom. The molecular weight excluding hydrogens is 274 g/mol. The van der Waals surface area contributed by atoms with Crippen molar-refractivity contribution in [3.63, 3.8) is 0 Å². The fraction of sp³-hybridized carbons (Fsp3) is 0.611. The maximum Gasteiger partial charge on any atom is 0.123 e. The molecule has 2 saturated carbocycles. The summed E-state index contributed by atoms with van der Waals surface area (Å²) in [5.74, 6) is 1.99. The first-order valence-electron chi connectivity index (χ1n) is 8.62. The molecule has 22 heavy (non-hydrogen) atoms. The van der Waals surface area contributed by atoms with Crippen LogP contribution >= 0.6 is 0 Å². The highest BCUT2D eigenvalue weighted by molar-refractivity contribution is 5.83. The molecule has 0 amide bonds. The Morgan fingerprint density at radius 2 is 2.00 bits per heavy atom. The van der Waals surface area contributed by atoms with Crippen LogP contribution in [0, 0.1) is 12.8 Å². The third-order valence-corrected chi connectivity index (χ3v) is 5.20. The van der Waals surface area contributed by atoms with Crippen LogP contribution < -0.4 is 10.1 Å². The number of hydrogen-bond acceptors (Lipinski definition) is 3. The minimum Gasteiger partial charge on any atom is -0.490 e. The standard InChI is InChI=1S/C18H25N3O/c1-12-16-11-20-21-17(16)8-9-18(12)22-15-6-4-14(5-7-15)19-10-13-2-3-13/h8-9,11,13-15,19H,2-7,10H2,1H3,(H,20,21)/t14-,15-. The summed E-state index contributed by atoms with van der Waals surface area (Å²) < 4.78 is 6.28. The Bertz CT molecular complexity index is 639. The Kier molecular flexibility index (Phi) is 3.78. The van der Waals surface area contributed by atoms with E-state index in [-0.39, 0.29) is 0 Å². The predicted octanol–water partition coefficient (Wildman–Crippen LogP) is 3.56. The minimum atomic E-state index is 0.363. The second-order valence-electron chi connectivity index (χ2n) is 6.96. The molecule has 4 rings (SSSR count). The molecule has 2 fully saturated rings. The van der Waals surface area contributed by atoms with Crippen molar-refractivity contribution in [3.8, 4) is 5.75 Å². The zero-order chi connectivity index (χ0) is 14.9. The van der Waals surface area contributed by atoms with Gasteiger partial charge in [-0.25, -0.2) is 0 Å². The molecule has 0 saturated heterocycles. The summed E-state index contributed by atoms with van der Waals surface area (Å²) in [6.45, 7) is 3.35. The molecule has 1 heterocycles. The molecule has 4 nitrogen and oxygen atoms in total. The monoisotopic (exact) mass is 299 g/mol. The number of hydrogen-bond donors (Lipinski definition) is 2. The fourth-order valence-corrected chi connectivity index (χ4v) is 3.49. The number of ether oxygens (including phenoxy) is 1. The van der Waals surface area contributed by atoms with Gasteiger partial charge in [-0.3, -0.25) is 5.10 Å². The Morgan fingerprint density at radius 1 is 1.18 bits per heavy atom. The van der Waals surface area contributed by atoms with Gasteiger partial charge >= 0.3 is 0 Å². The molecule has 2 aromatic rings. The van der Waals surface area contributed by atoms with Gasteiger partial charge in [0, 0.05) is 17.0 Å². The molecule has 118 valence electrons. The van der Waals surface area contributed by atoms with E-state index in [0.717, 1.165) is 35.4 Å². The topological polar surface area (TPSA) is 49.9 Å². The lowest BCUT2D eigenvalue weighted by Gasteiger charge is -2.30. The third kappa shape index (κ3) is 2.98. The Hall–Kier alpha value is -1.55. The number of rotatable bonds is 5. The van der Waals surface area contributed by atoms with Crippen LogP contribution in [0.25, 0.3) is 10.9 Å². The van der Waals surface area contributed by atoms with Crippen LogP contribution in [-0.2, 0) is 0 Å². The molecule has 0 unspecified atom stereocenters. The summed E-state index contributed by atoms with van der Waals surface area (Å²) in [7, 11) is 0. The first-order valence-corrected chi connectivity index (χ1v) is 8.62. The van der Waals surface area contributed by atoms with E-state index in [0.29, 0.717) is 12.1 Å². The van der Waals surface area contributed by atoms with Crippen LogP contribution in [0.1, 0.15) is 44.1 Å². The minimum absolute atomic E-state index is 0.363. The number of aromatic amines is 1. The number of nitrogens with zero attached hydrogens (tertiary/aromatic N) is 1. The van der Waals surface area contributed by atoms with Gasteiger partial charge in [-0.2, -0.15) is 5.10 Å². The van der Waals surface area contributed by atoms with Crippen molar-refractivity contribution in [1.82, 2.24) is 15.5 Å². The zero-order valence-electron chi connectivity index (χ0n) is 13.3. The first-order chi connectivity index (χ1) is 10.8. The summed E-state index contributed by atoms with van der Waals surface area (Å²) in [4.78, 5) is 0. The zero-order valence-corrected chi connectivity index (χ0v) is 13.3. The van der Waals surface area contributed by atoms with E-state index >= 15 is 0 Å². The average Bonchev–Trinajstić information content (AvgIpc) is 3.24. The van der Waals surface area contributed by atoms with E-state index in [1.165, 1.54) is 37.8 Å². The second-order valence-corrected chi connectivity index (χ2v) is 6.96. The molecule has 2 N–H and O–H groups in total. The van der Waals surface area contributed by atoms with E-state index < -0.39 is 0 Å². The van der Waals surface area contributed by atoms with E-state index in [4.69, 9.17) is 4.74 Å². The predicted molar refractivity (Wildman–Crippen MR) is 88.2 cm³/mol. The summed E-state index contributed by atoms with van der Waals surface area (Å²) in [6.07, 6.45) is 9.91. The molecule has 0 aliphatic heterocycles. The molecule has 0 spiro atoms. The fourth-order valence-electron chi connectivity index (χ4n) is 3.49. The van der Waals surface area contributed by atoms with Crippen LogP contribution in [0.2, 0.25) is 0 Å². The van der Waals surface area contributed by atoms with Crippen molar-refractivity contribution in [2.45, 2.75) is 57.6 Å². The maximum absolute atomic E-state index is 6.28.